The lowest BCUT2D eigenvalue weighted by Crippen LogP contribution is -2.11. The van der Waals surface area contributed by atoms with E-state index in [1.165, 1.54) is 11.3 Å². The van der Waals surface area contributed by atoms with Gasteiger partial charge in [0.2, 0.25) is 5.91 Å². The first-order chi connectivity index (χ1) is 11.6. The normalized spacial score (nSPS) is 10.6. The van der Waals surface area contributed by atoms with Gasteiger partial charge in [0.05, 0.1) is 10.2 Å². The van der Waals surface area contributed by atoms with Crippen LogP contribution in [-0.4, -0.2) is 16.8 Å². The molecule has 122 valence electrons. The molecule has 5 nitrogen and oxygen atoms in total. The van der Waals surface area contributed by atoms with Crippen LogP contribution in [0.1, 0.15) is 29.3 Å². The molecule has 2 amide bonds. The van der Waals surface area contributed by atoms with Crippen LogP contribution in [0.4, 0.5) is 10.8 Å². The van der Waals surface area contributed by atoms with Gasteiger partial charge in [-0.05, 0) is 36.8 Å². The summed E-state index contributed by atoms with van der Waals surface area (Å²) < 4.78 is 0.921. The maximum Gasteiger partial charge on any atom is 0.255 e. The predicted octanol–water partition coefficient (Wildman–Crippen LogP) is 4.21. The summed E-state index contributed by atoms with van der Waals surface area (Å²) in [5, 5.41) is 6.26. The first-order valence-electron chi connectivity index (χ1n) is 7.64. The third kappa shape index (κ3) is 3.44. The molecular weight excluding hydrogens is 322 g/mol. The number of hydrogen-bond acceptors (Lipinski definition) is 4. The van der Waals surface area contributed by atoms with Gasteiger partial charge in [-0.2, -0.15) is 0 Å². The van der Waals surface area contributed by atoms with Crippen molar-refractivity contribution in [3.8, 4) is 0 Å². The summed E-state index contributed by atoms with van der Waals surface area (Å²) in [5.74, 6) is -0.220. The molecule has 0 unspecified atom stereocenters. The second kappa shape index (κ2) is 6.80. The van der Waals surface area contributed by atoms with Gasteiger partial charge in [-0.15, -0.1) is 0 Å². The highest BCUT2D eigenvalue weighted by Gasteiger charge is 2.12. The molecule has 0 aliphatic carbocycles. The molecule has 24 heavy (non-hydrogen) atoms. The highest BCUT2D eigenvalue weighted by atomic mass is 32.1. The molecule has 0 fully saturated rings. The predicted molar refractivity (Wildman–Crippen MR) is 97.7 cm³/mol. The molecule has 6 heteroatoms. The average molecular weight is 339 g/mol. The number of rotatable bonds is 4. The summed E-state index contributed by atoms with van der Waals surface area (Å²) in [5.41, 5.74) is 3.11. The number of carbonyl (C=O) groups is 2. The lowest BCUT2D eigenvalue weighted by molar-refractivity contribution is -0.115. The number of amides is 2. The van der Waals surface area contributed by atoms with Gasteiger partial charge in [-0.25, -0.2) is 4.98 Å². The van der Waals surface area contributed by atoms with Crippen LogP contribution < -0.4 is 10.6 Å². The van der Waals surface area contributed by atoms with Crippen molar-refractivity contribution in [1.29, 1.82) is 0 Å². The number of hydrogen-bond donors (Lipinski definition) is 2. The zero-order valence-corrected chi connectivity index (χ0v) is 14.2. The van der Waals surface area contributed by atoms with Crippen LogP contribution in [-0.2, 0) is 4.79 Å². The van der Waals surface area contributed by atoms with E-state index in [2.05, 4.69) is 15.6 Å². The van der Waals surface area contributed by atoms with E-state index < -0.39 is 0 Å². The van der Waals surface area contributed by atoms with Crippen molar-refractivity contribution in [3.63, 3.8) is 0 Å². The summed E-state index contributed by atoms with van der Waals surface area (Å²) in [6.07, 6.45) is 0.410. The van der Waals surface area contributed by atoms with Gasteiger partial charge in [-0.3, -0.25) is 9.59 Å². The van der Waals surface area contributed by atoms with Crippen molar-refractivity contribution in [2.75, 3.05) is 10.6 Å². The Hall–Kier alpha value is -2.73. The van der Waals surface area contributed by atoms with E-state index in [0.717, 1.165) is 15.8 Å². The lowest BCUT2D eigenvalue weighted by atomic mass is 10.1. The molecule has 0 atom stereocenters. The lowest BCUT2D eigenvalue weighted by Gasteiger charge is -2.06. The Morgan fingerprint density at radius 2 is 1.88 bits per heavy atom. The van der Waals surface area contributed by atoms with Crippen LogP contribution in [0, 0.1) is 6.92 Å². The first-order valence-corrected chi connectivity index (χ1v) is 8.46. The van der Waals surface area contributed by atoms with Crippen molar-refractivity contribution in [2.24, 2.45) is 0 Å². The average Bonchev–Trinajstić information content (AvgIpc) is 2.98. The van der Waals surface area contributed by atoms with Crippen LogP contribution in [0.25, 0.3) is 10.2 Å². The Kier molecular flexibility index (Phi) is 4.57. The van der Waals surface area contributed by atoms with Gasteiger partial charge in [0.15, 0.2) is 5.13 Å². The molecule has 0 bridgehead atoms. The smallest absolute Gasteiger partial charge is 0.255 e. The Morgan fingerprint density at radius 3 is 2.58 bits per heavy atom. The summed E-state index contributed by atoms with van der Waals surface area (Å²) in [6.45, 7) is 3.73. The molecule has 0 radical (unpaired) electrons. The number of aryl methyl sites for hydroxylation is 1. The molecule has 1 aromatic heterocycles. The fraction of sp³-hybridized carbons (Fsp3) is 0.167. The highest BCUT2D eigenvalue weighted by Crippen LogP contribution is 2.31. The fourth-order valence-electron chi connectivity index (χ4n) is 2.32. The molecule has 3 rings (SSSR count). The van der Waals surface area contributed by atoms with E-state index in [9.17, 15) is 9.59 Å². The second-order valence-corrected chi connectivity index (χ2v) is 6.41. The van der Waals surface area contributed by atoms with E-state index in [1.807, 2.05) is 37.3 Å². The highest BCUT2D eigenvalue weighted by molar-refractivity contribution is 7.22. The van der Waals surface area contributed by atoms with Gasteiger partial charge in [0.1, 0.15) is 0 Å². The Bertz CT molecular complexity index is 903. The van der Waals surface area contributed by atoms with E-state index in [4.69, 9.17) is 0 Å². The van der Waals surface area contributed by atoms with E-state index in [0.29, 0.717) is 22.8 Å². The van der Waals surface area contributed by atoms with Crippen LogP contribution in [0.3, 0.4) is 0 Å². The van der Waals surface area contributed by atoms with E-state index in [-0.39, 0.29) is 11.8 Å². The van der Waals surface area contributed by atoms with Crippen LogP contribution in [0.2, 0.25) is 0 Å². The molecule has 0 aliphatic rings. The standard InChI is InChI=1S/C18H17N3O2S/c1-3-15(22)20-18-21-16-11(2)9-13(10-14(16)24-18)19-17(23)12-7-5-4-6-8-12/h4-10H,3H2,1-2H3,(H,19,23)(H,20,21,22). The molecule has 0 saturated heterocycles. The van der Waals surface area contributed by atoms with Crippen LogP contribution >= 0.6 is 11.3 Å². The number of benzene rings is 2. The van der Waals surface area contributed by atoms with Gasteiger partial charge >= 0.3 is 0 Å². The summed E-state index contributed by atoms with van der Waals surface area (Å²) in [6, 6.07) is 12.8. The van der Waals surface area contributed by atoms with Crippen molar-refractivity contribution in [1.82, 2.24) is 4.98 Å². The molecule has 3 aromatic rings. The first kappa shape index (κ1) is 16.1. The van der Waals surface area contributed by atoms with Crippen molar-refractivity contribution in [3.05, 3.63) is 53.6 Å². The quantitative estimate of drug-likeness (QED) is 0.748. The van der Waals surface area contributed by atoms with Crippen molar-refractivity contribution < 1.29 is 9.59 Å². The fourth-order valence-corrected chi connectivity index (χ4v) is 3.32. The minimum atomic E-state index is -0.154. The maximum atomic E-state index is 12.3. The number of fused-ring (bicyclic) bond motifs is 1. The maximum absolute atomic E-state index is 12.3. The SMILES string of the molecule is CCC(=O)Nc1nc2c(C)cc(NC(=O)c3ccccc3)cc2s1. The Morgan fingerprint density at radius 1 is 1.12 bits per heavy atom. The molecule has 2 N–H and O–H groups in total. The zero-order valence-electron chi connectivity index (χ0n) is 13.4. The molecular formula is C18H17N3O2S. The number of aromatic nitrogens is 1. The van der Waals surface area contributed by atoms with Crippen LogP contribution in [0.15, 0.2) is 42.5 Å². The molecule has 1 heterocycles. The molecule has 0 saturated carbocycles. The molecule has 0 spiro atoms. The van der Waals surface area contributed by atoms with Gasteiger partial charge in [0.25, 0.3) is 5.91 Å². The van der Waals surface area contributed by atoms with Gasteiger partial charge in [0, 0.05) is 17.7 Å². The number of nitrogens with zero attached hydrogens (tertiary/aromatic N) is 1. The monoisotopic (exact) mass is 339 g/mol. The minimum Gasteiger partial charge on any atom is -0.322 e. The van der Waals surface area contributed by atoms with Crippen molar-refractivity contribution in [2.45, 2.75) is 20.3 Å². The topological polar surface area (TPSA) is 71.1 Å². The summed E-state index contributed by atoms with van der Waals surface area (Å²) in [4.78, 5) is 28.2. The Labute approximate surface area is 143 Å². The third-order valence-corrected chi connectivity index (χ3v) is 4.46. The van der Waals surface area contributed by atoms with Crippen LogP contribution in [0.5, 0.6) is 0 Å². The van der Waals surface area contributed by atoms with Crippen molar-refractivity contribution >= 4 is 44.2 Å². The van der Waals surface area contributed by atoms with E-state index >= 15 is 0 Å². The summed E-state index contributed by atoms with van der Waals surface area (Å²) >= 11 is 1.40. The molecule has 2 aromatic carbocycles. The minimum absolute atomic E-state index is 0.0655. The number of carbonyl (C=O) groups excluding carboxylic acids is 2. The molecule has 0 aliphatic heterocycles. The number of nitrogens with one attached hydrogen (secondary N) is 2. The van der Waals surface area contributed by atoms with Gasteiger partial charge < -0.3 is 10.6 Å². The Balaban J connectivity index is 1.87. The zero-order chi connectivity index (χ0) is 17.1. The number of thiazole rings is 1. The van der Waals surface area contributed by atoms with Gasteiger partial charge in [-0.1, -0.05) is 36.5 Å². The largest absolute Gasteiger partial charge is 0.322 e. The second-order valence-electron chi connectivity index (χ2n) is 5.38. The third-order valence-electron chi connectivity index (χ3n) is 3.55. The van der Waals surface area contributed by atoms with E-state index in [1.54, 1.807) is 19.1 Å². The summed E-state index contributed by atoms with van der Waals surface area (Å²) in [7, 11) is 0. The number of anilines is 2.